The van der Waals surface area contributed by atoms with E-state index in [0.717, 1.165) is 37.1 Å². The molecule has 0 aromatic heterocycles. The molecule has 3 heterocycles. The minimum absolute atomic E-state index is 0.0761. The summed E-state index contributed by atoms with van der Waals surface area (Å²) in [4.78, 5) is 28.6. The van der Waals surface area contributed by atoms with Crippen molar-refractivity contribution < 1.29 is 56.7 Å². The fourth-order valence-electron chi connectivity index (χ4n) is 6.85. The number of carbonyl (C=O) groups excluding carboxylic acids is 2. The maximum absolute atomic E-state index is 13.8. The average molecular weight is 614 g/mol. The molecule has 3 unspecified atom stereocenters. The average Bonchev–Trinajstić information content (AvgIpc) is 3.60. The number of nitrogens with zero attached hydrogens (tertiary/aromatic N) is 1. The first-order valence-electron chi connectivity index (χ1n) is 14.5. The molecule has 2 N–H and O–H groups in total. The van der Waals surface area contributed by atoms with Crippen LogP contribution in [0.4, 0.5) is 13.2 Å². The normalized spacial score (nSPS) is 26.0. The zero-order valence-electron chi connectivity index (χ0n) is 24.5. The third-order valence-corrected chi connectivity index (χ3v) is 8.79. The van der Waals surface area contributed by atoms with Crippen molar-refractivity contribution in [2.75, 3.05) is 33.6 Å². The molecule has 0 radical (unpaired) electrons. The van der Waals surface area contributed by atoms with Crippen LogP contribution in [0.15, 0.2) is 24.0 Å². The van der Waals surface area contributed by atoms with Gasteiger partial charge in [0.25, 0.3) is 0 Å². The van der Waals surface area contributed by atoms with Gasteiger partial charge in [-0.3, -0.25) is 9.69 Å². The molecule has 1 saturated heterocycles. The van der Waals surface area contributed by atoms with Crippen molar-refractivity contribution in [2.24, 2.45) is 0 Å². The Hall–Kier alpha value is -3.03. The Bertz CT molecular complexity index is 1280. The summed E-state index contributed by atoms with van der Waals surface area (Å²) in [6.45, 7) is 2.87. The number of esters is 2. The molecule has 3 aliphatic heterocycles. The second-order valence-corrected chi connectivity index (χ2v) is 12.4. The maximum Gasteiger partial charge on any atom is 0.422 e. The monoisotopic (exact) mass is 613 g/mol. The van der Waals surface area contributed by atoms with E-state index in [1.807, 2.05) is 18.2 Å². The smallest absolute Gasteiger partial charge is 0.422 e. The number of hydrogen-bond acceptors (Lipinski definition) is 10. The molecule has 0 amide bonds. The summed E-state index contributed by atoms with van der Waals surface area (Å²) in [6, 6.07) is 3.82. The van der Waals surface area contributed by atoms with E-state index < -0.39 is 59.9 Å². The van der Waals surface area contributed by atoms with Crippen molar-refractivity contribution >= 4 is 11.9 Å². The van der Waals surface area contributed by atoms with Gasteiger partial charge in [-0.25, -0.2) is 4.79 Å². The molecule has 238 valence electrons. The fraction of sp³-hybridized carbons (Fsp3) is 0.667. The molecule has 1 aromatic carbocycles. The van der Waals surface area contributed by atoms with Gasteiger partial charge in [0.15, 0.2) is 29.8 Å². The molecule has 1 fully saturated rings. The van der Waals surface area contributed by atoms with Gasteiger partial charge in [-0.1, -0.05) is 0 Å². The van der Waals surface area contributed by atoms with Crippen LogP contribution in [-0.2, 0) is 30.2 Å². The second-order valence-electron chi connectivity index (χ2n) is 12.4. The summed E-state index contributed by atoms with van der Waals surface area (Å²) >= 11 is 0. The van der Waals surface area contributed by atoms with E-state index in [0.29, 0.717) is 23.7 Å². The number of alkyl halides is 3. The molecule has 43 heavy (non-hydrogen) atoms. The molecule has 1 aliphatic carbocycles. The molecule has 5 rings (SSSR count). The van der Waals surface area contributed by atoms with E-state index in [1.54, 1.807) is 0 Å². The summed E-state index contributed by atoms with van der Waals surface area (Å²) in [5, 5.41) is 21.7. The van der Waals surface area contributed by atoms with Gasteiger partial charge < -0.3 is 33.9 Å². The van der Waals surface area contributed by atoms with E-state index in [9.17, 15) is 33.0 Å². The number of hydrogen-bond donors (Lipinski definition) is 2. The highest BCUT2D eigenvalue weighted by Crippen LogP contribution is 2.55. The van der Waals surface area contributed by atoms with Crippen LogP contribution >= 0.6 is 0 Å². The highest BCUT2D eigenvalue weighted by atomic mass is 19.4. The zero-order valence-corrected chi connectivity index (χ0v) is 24.5. The molecule has 4 aliphatic rings. The van der Waals surface area contributed by atoms with Crippen molar-refractivity contribution in [2.45, 2.75) is 93.7 Å². The first-order chi connectivity index (χ1) is 20.1. The van der Waals surface area contributed by atoms with Crippen molar-refractivity contribution in [3.05, 3.63) is 35.1 Å². The number of carbonyl (C=O) groups is 2. The lowest BCUT2D eigenvalue weighted by Crippen LogP contribution is -2.49. The number of benzene rings is 1. The number of aliphatic hydroxyl groups is 2. The van der Waals surface area contributed by atoms with Crippen LogP contribution in [0.3, 0.4) is 0 Å². The van der Waals surface area contributed by atoms with Crippen LogP contribution < -0.4 is 9.47 Å². The number of halogens is 3. The number of rotatable bonds is 10. The van der Waals surface area contributed by atoms with E-state index in [1.165, 1.54) is 21.0 Å². The maximum atomic E-state index is 13.8. The van der Waals surface area contributed by atoms with Gasteiger partial charge in [0.1, 0.15) is 5.76 Å². The van der Waals surface area contributed by atoms with Crippen molar-refractivity contribution in [1.29, 1.82) is 0 Å². The standard InChI is InChI=1S/C30H38F3NO9/c1-27(2,37)7-4-9-29(38,15-23(35)40-16-30(31,32)33)26(36)43-25-22(39-3)14-28-8-5-10-34(28)11-6-18-12-20-21(42-17-41-20)13-19(18)24(25)28/h12-14,24-25,37-38H,4-11,15-17H2,1-3H3/t24-,25?,28?,29?/m1/s1. The number of methoxy groups -OCH3 is 1. The zero-order chi connectivity index (χ0) is 31.2. The highest BCUT2D eigenvalue weighted by Gasteiger charge is 2.59. The second kappa shape index (κ2) is 11.5. The summed E-state index contributed by atoms with van der Waals surface area (Å²) in [7, 11) is 1.46. The Morgan fingerprint density at radius 1 is 1.12 bits per heavy atom. The van der Waals surface area contributed by atoms with Crippen LogP contribution in [0.25, 0.3) is 0 Å². The molecule has 13 heteroatoms. The molecular formula is C30H38F3NO9. The van der Waals surface area contributed by atoms with Gasteiger partial charge in [-0.2, -0.15) is 13.2 Å². The van der Waals surface area contributed by atoms with E-state index in [2.05, 4.69) is 9.64 Å². The van der Waals surface area contributed by atoms with Crippen molar-refractivity contribution in [3.63, 3.8) is 0 Å². The van der Waals surface area contributed by atoms with E-state index in [4.69, 9.17) is 18.9 Å². The Kier molecular flexibility index (Phi) is 8.38. The summed E-state index contributed by atoms with van der Waals surface area (Å²) in [5.74, 6) is -1.49. The lowest BCUT2D eigenvalue weighted by molar-refractivity contribution is -0.193. The lowest BCUT2D eigenvalue weighted by atomic mass is 9.77. The minimum Gasteiger partial charge on any atom is -0.497 e. The van der Waals surface area contributed by atoms with Crippen LogP contribution in [0.1, 0.15) is 69.4 Å². The van der Waals surface area contributed by atoms with E-state index in [-0.39, 0.29) is 26.1 Å². The number of ether oxygens (including phenoxy) is 5. The largest absolute Gasteiger partial charge is 0.497 e. The first kappa shape index (κ1) is 31.4. The SMILES string of the molecule is COC1=CC23CCCN2CCc2cc4c(cc2[C@@H]3C1OC(=O)C(O)(CCCC(C)(C)O)CC(=O)OCC(F)(F)F)OCO4. The predicted octanol–water partition coefficient (Wildman–Crippen LogP) is 3.51. The molecule has 1 aromatic rings. The van der Waals surface area contributed by atoms with Crippen LogP contribution in [0.2, 0.25) is 0 Å². The van der Waals surface area contributed by atoms with Gasteiger partial charge in [0, 0.05) is 6.54 Å². The van der Waals surface area contributed by atoms with Crippen molar-refractivity contribution in [3.8, 4) is 11.5 Å². The molecule has 10 nitrogen and oxygen atoms in total. The quantitative estimate of drug-likeness (QED) is 0.379. The van der Waals surface area contributed by atoms with Gasteiger partial charge >= 0.3 is 18.1 Å². The summed E-state index contributed by atoms with van der Waals surface area (Å²) < 4.78 is 65.4. The van der Waals surface area contributed by atoms with Gasteiger partial charge in [-0.15, -0.1) is 0 Å². The lowest BCUT2D eigenvalue weighted by Gasteiger charge is -2.39. The van der Waals surface area contributed by atoms with Gasteiger partial charge in [0.2, 0.25) is 6.79 Å². The molecule has 4 atom stereocenters. The Morgan fingerprint density at radius 2 is 1.84 bits per heavy atom. The number of fused-ring (bicyclic) bond motifs is 3. The molecular weight excluding hydrogens is 575 g/mol. The fourth-order valence-corrected chi connectivity index (χ4v) is 6.85. The molecule has 0 saturated carbocycles. The van der Waals surface area contributed by atoms with Crippen LogP contribution in [-0.4, -0.2) is 89.7 Å². The van der Waals surface area contributed by atoms with Gasteiger partial charge in [0.05, 0.1) is 30.6 Å². The predicted molar refractivity (Wildman–Crippen MR) is 144 cm³/mol. The molecule has 0 bridgehead atoms. The highest BCUT2D eigenvalue weighted by molar-refractivity contribution is 5.86. The summed E-state index contributed by atoms with van der Waals surface area (Å²) in [5.41, 5.74) is -2.34. The van der Waals surface area contributed by atoms with E-state index >= 15 is 0 Å². The Balaban J connectivity index is 1.47. The third kappa shape index (κ3) is 6.44. The minimum atomic E-state index is -4.78. The van der Waals surface area contributed by atoms with Crippen LogP contribution in [0, 0.1) is 0 Å². The van der Waals surface area contributed by atoms with Crippen LogP contribution in [0.5, 0.6) is 11.5 Å². The van der Waals surface area contributed by atoms with Gasteiger partial charge in [-0.05, 0) is 88.3 Å². The molecule has 1 spiro atoms. The Morgan fingerprint density at radius 3 is 2.51 bits per heavy atom. The van der Waals surface area contributed by atoms with Crippen molar-refractivity contribution in [1.82, 2.24) is 4.90 Å². The Labute approximate surface area is 247 Å². The topological polar surface area (TPSA) is 124 Å². The summed E-state index contributed by atoms with van der Waals surface area (Å²) in [6.07, 6.45) is -2.64. The first-order valence-corrected chi connectivity index (χ1v) is 14.5. The third-order valence-electron chi connectivity index (χ3n) is 8.79.